The Balaban J connectivity index is 2.59. The summed E-state index contributed by atoms with van der Waals surface area (Å²) >= 11 is 5.95. The molecular weight excluding hydrogens is 218 g/mol. The highest BCUT2D eigenvalue weighted by Gasteiger charge is 2.18. The highest BCUT2D eigenvalue weighted by atomic mass is 35.5. The van der Waals surface area contributed by atoms with Gasteiger partial charge in [-0.05, 0) is 18.6 Å². The van der Waals surface area contributed by atoms with E-state index in [1.807, 2.05) is 0 Å². The maximum atomic E-state index is 10.8. The van der Waals surface area contributed by atoms with Gasteiger partial charge in [0.15, 0.2) is 12.0 Å². The summed E-state index contributed by atoms with van der Waals surface area (Å²) < 4.78 is 5.05. The summed E-state index contributed by atoms with van der Waals surface area (Å²) in [4.78, 5) is 14.8. The molecule has 0 amide bonds. The quantitative estimate of drug-likeness (QED) is 0.854. The van der Waals surface area contributed by atoms with E-state index in [1.54, 1.807) is 19.1 Å². The number of nitrogens with zero attached hydrogens (tertiary/aromatic N) is 1. The van der Waals surface area contributed by atoms with Crippen LogP contribution in [0.2, 0.25) is 5.02 Å². The van der Waals surface area contributed by atoms with Crippen LogP contribution < -0.4 is 0 Å². The van der Waals surface area contributed by atoms with Crippen LogP contribution in [0.15, 0.2) is 22.9 Å². The molecule has 0 fully saturated rings. The SMILES string of the molecule is CC(C(=O)O)c1cc2ncoc2cc1Cl. The summed E-state index contributed by atoms with van der Waals surface area (Å²) in [6.07, 6.45) is 1.30. The Kier molecular flexibility index (Phi) is 2.36. The fourth-order valence-corrected chi connectivity index (χ4v) is 1.68. The molecule has 0 aliphatic rings. The summed E-state index contributed by atoms with van der Waals surface area (Å²) in [5.74, 6) is -1.57. The normalized spacial score (nSPS) is 12.9. The van der Waals surface area contributed by atoms with Gasteiger partial charge < -0.3 is 9.52 Å². The van der Waals surface area contributed by atoms with Gasteiger partial charge in [-0.25, -0.2) is 4.98 Å². The van der Waals surface area contributed by atoms with Crippen LogP contribution in [0.25, 0.3) is 11.1 Å². The number of benzene rings is 1. The van der Waals surface area contributed by atoms with Gasteiger partial charge in [-0.2, -0.15) is 0 Å². The van der Waals surface area contributed by atoms with Crippen LogP contribution in [0.1, 0.15) is 18.4 Å². The van der Waals surface area contributed by atoms with Gasteiger partial charge in [0.1, 0.15) is 5.52 Å². The van der Waals surface area contributed by atoms with Crippen LogP contribution in [0, 0.1) is 0 Å². The number of oxazole rings is 1. The average Bonchev–Trinajstić information content (AvgIpc) is 2.62. The van der Waals surface area contributed by atoms with E-state index in [-0.39, 0.29) is 0 Å². The van der Waals surface area contributed by atoms with Gasteiger partial charge in [0.25, 0.3) is 0 Å². The molecule has 0 saturated carbocycles. The number of hydrogen-bond donors (Lipinski definition) is 1. The van der Waals surface area contributed by atoms with E-state index in [4.69, 9.17) is 21.1 Å². The van der Waals surface area contributed by atoms with E-state index in [2.05, 4.69) is 4.98 Å². The smallest absolute Gasteiger partial charge is 0.310 e. The lowest BCUT2D eigenvalue weighted by molar-refractivity contribution is -0.138. The van der Waals surface area contributed by atoms with Crippen molar-refractivity contribution in [1.29, 1.82) is 0 Å². The first-order valence-electron chi connectivity index (χ1n) is 4.35. The molecule has 1 atom stereocenters. The fourth-order valence-electron chi connectivity index (χ4n) is 1.36. The monoisotopic (exact) mass is 225 g/mol. The van der Waals surface area contributed by atoms with E-state index in [0.717, 1.165) is 0 Å². The second kappa shape index (κ2) is 3.55. The lowest BCUT2D eigenvalue weighted by Crippen LogP contribution is -2.07. The summed E-state index contributed by atoms with van der Waals surface area (Å²) in [5, 5.41) is 9.26. The minimum absolute atomic E-state index is 0.383. The fraction of sp³-hybridized carbons (Fsp3) is 0.200. The van der Waals surface area contributed by atoms with Gasteiger partial charge in [0.2, 0.25) is 0 Å². The van der Waals surface area contributed by atoms with Gasteiger partial charge in [-0.1, -0.05) is 11.6 Å². The maximum absolute atomic E-state index is 10.8. The Morgan fingerprint density at radius 3 is 3.00 bits per heavy atom. The zero-order chi connectivity index (χ0) is 11.0. The number of carbonyl (C=O) groups is 1. The molecule has 4 nitrogen and oxygen atoms in total. The van der Waals surface area contributed by atoms with Crippen molar-refractivity contribution in [1.82, 2.24) is 4.98 Å². The zero-order valence-electron chi connectivity index (χ0n) is 7.90. The molecule has 0 aliphatic carbocycles. The van der Waals surface area contributed by atoms with Crippen molar-refractivity contribution >= 4 is 28.7 Å². The molecule has 1 N–H and O–H groups in total. The van der Waals surface area contributed by atoms with Crippen LogP contribution in [-0.2, 0) is 4.79 Å². The molecule has 2 aromatic rings. The number of aliphatic carboxylic acids is 1. The van der Waals surface area contributed by atoms with Crippen LogP contribution in [0.3, 0.4) is 0 Å². The molecule has 1 aromatic heterocycles. The largest absolute Gasteiger partial charge is 0.481 e. The summed E-state index contributed by atoms with van der Waals surface area (Å²) in [5.41, 5.74) is 1.72. The molecule has 5 heteroatoms. The Bertz CT molecular complexity index is 520. The van der Waals surface area contributed by atoms with E-state index >= 15 is 0 Å². The van der Waals surface area contributed by atoms with Crippen molar-refractivity contribution < 1.29 is 14.3 Å². The van der Waals surface area contributed by atoms with Crippen LogP contribution in [0.4, 0.5) is 0 Å². The Morgan fingerprint density at radius 1 is 1.60 bits per heavy atom. The molecule has 0 radical (unpaired) electrons. The zero-order valence-corrected chi connectivity index (χ0v) is 8.65. The topological polar surface area (TPSA) is 63.3 Å². The molecule has 78 valence electrons. The van der Waals surface area contributed by atoms with Crippen molar-refractivity contribution in [3.05, 3.63) is 29.1 Å². The second-order valence-electron chi connectivity index (χ2n) is 3.25. The minimum atomic E-state index is -0.917. The molecule has 0 saturated heterocycles. The van der Waals surface area contributed by atoms with Crippen molar-refractivity contribution in [3.8, 4) is 0 Å². The van der Waals surface area contributed by atoms with Gasteiger partial charge in [0.05, 0.1) is 5.92 Å². The molecule has 0 spiro atoms. The predicted molar refractivity (Wildman–Crippen MR) is 55.1 cm³/mol. The first kappa shape index (κ1) is 9.98. The summed E-state index contributed by atoms with van der Waals surface area (Å²) in [6.45, 7) is 1.58. The maximum Gasteiger partial charge on any atom is 0.310 e. The van der Waals surface area contributed by atoms with E-state index in [0.29, 0.717) is 21.7 Å². The van der Waals surface area contributed by atoms with E-state index in [9.17, 15) is 4.79 Å². The Hall–Kier alpha value is -1.55. The summed E-state index contributed by atoms with van der Waals surface area (Å²) in [6, 6.07) is 3.22. The highest BCUT2D eigenvalue weighted by molar-refractivity contribution is 6.32. The molecule has 0 bridgehead atoms. The minimum Gasteiger partial charge on any atom is -0.481 e. The van der Waals surface area contributed by atoms with Crippen molar-refractivity contribution in [2.45, 2.75) is 12.8 Å². The number of aromatic nitrogens is 1. The first-order chi connectivity index (χ1) is 7.09. The van der Waals surface area contributed by atoms with E-state index in [1.165, 1.54) is 6.39 Å². The number of halogens is 1. The average molecular weight is 226 g/mol. The summed E-state index contributed by atoms with van der Waals surface area (Å²) in [7, 11) is 0. The Morgan fingerprint density at radius 2 is 2.33 bits per heavy atom. The van der Waals surface area contributed by atoms with Gasteiger partial charge in [-0.3, -0.25) is 4.79 Å². The molecule has 1 aromatic carbocycles. The molecule has 1 unspecified atom stereocenters. The van der Waals surface area contributed by atoms with Crippen LogP contribution in [-0.4, -0.2) is 16.1 Å². The van der Waals surface area contributed by atoms with Gasteiger partial charge >= 0.3 is 5.97 Å². The molecule has 15 heavy (non-hydrogen) atoms. The van der Waals surface area contributed by atoms with Crippen molar-refractivity contribution in [3.63, 3.8) is 0 Å². The van der Waals surface area contributed by atoms with Gasteiger partial charge in [-0.15, -0.1) is 0 Å². The number of carboxylic acid groups (broad SMARTS) is 1. The molecule has 0 aliphatic heterocycles. The van der Waals surface area contributed by atoms with Crippen LogP contribution in [0.5, 0.6) is 0 Å². The Labute approximate surface area is 90.5 Å². The third kappa shape index (κ3) is 1.68. The highest BCUT2D eigenvalue weighted by Crippen LogP contribution is 2.29. The molecule has 2 rings (SSSR count). The third-order valence-electron chi connectivity index (χ3n) is 2.29. The number of rotatable bonds is 2. The third-order valence-corrected chi connectivity index (χ3v) is 2.61. The second-order valence-corrected chi connectivity index (χ2v) is 3.66. The standard InChI is InChI=1S/C10H8ClNO3/c1-5(10(13)14)6-2-8-9(3-7(6)11)15-4-12-8/h2-5H,1H3,(H,13,14). The number of carboxylic acids is 1. The predicted octanol–water partition coefficient (Wildman–Crippen LogP) is 2.67. The van der Waals surface area contributed by atoms with E-state index < -0.39 is 11.9 Å². The number of fused-ring (bicyclic) bond motifs is 1. The van der Waals surface area contributed by atoms with Crippen molar-refractivity contribution in [2.24, 2.45) is 0 Å². The van der Waals surface area contributed by atoms with Crippen LogP contribution >= 0.6 is 11.6 Å². The molecular formula is C10H8ClNO3. The van der Waals surface area contributed by atoms with Gasteiger partial charge in [0, 0.05) is 11.1 Å². The lowest BCUT2D eigenvalue weighted by atomic mass is 10.0. The lowest BCUT2D eigenvalue weighted by Gasteiger charge is -2.07. The first-order valence-corrected chi connectivity index (χ1v) is 4.73. The molecule has 1 heterocycles. The van der Waals surface area contributed by atoms with Crippen molar-refractivity contribution in [2.75, 3.05) is 0 Å². The number of hydrogen-bond acceptors (Lipinski definition) is 3.